The molecule has 29 heavy (non-hydrogen) atoms. The molecule has 6 nitrogen and oxygen atoms in total. The van der Waals surface area contributed by atoms with Crippen LogP contribution in [0.15, 0.2) is 53.4 Å². The maximum Gasteiger partial charge on any atom is 0.437 e. The van der Waals surface area contributed by atoms with Crippen LogP contribution in [0.25, 0.3) is 0 Å². The second-order valence-electron chi connectivity index (χ2n) is 5.64. The molecule has 158 valence electrons. The summed E-state index contributed by atoms with van der Waals surface area (Å²) in [6.45, 7) is 0.700. The number of hydrogen-bond acceptors (Lipinski definition) is 5. The van der Waals surface area contributed by atoms with Crippen molar-refractivity contribution in [1.82, 2.24) is 4.72 Å². The SMILES string of the molecule is CCOC(=O)[C@](Nc1ccc(F)c(F)c1)(NS(=O)(=O)c1ccccc1)C(F)(F)F. The van der Waals surface area contributed by atoms with Gasteiger partial charge in [-0.05, 0) is 31.2 Å². The summed E-state index contributed by atoms with van der Waals surface area (Å²) in [4.78, 5) is 11.7. The molecule has 0 fully saturated rings. The Morgan fingerprint density at radius 1 is 1.03 bits per heavy atom. The van der Waals surface area contributed by atoms with Gasteiger partial charge in [0.05, 0.1) is 11.5 Å². The summed E-state index contributed by atoms with van der Waals surface area (Å²) in [5.41, 5.74) is -4.73. The van der Waals surface area contributed by atoms with Crippen LogP contribution in [0.2, 0.25) is 0 Å². The highest BCUT2D eigenvalue weighted by Crippen LogP contribution is 2.35. The van der Waals surface area contributed by atoms with E-state index in [1.165, 1.54) is 29.8 Å². The van der Waals surface area contributed by atoms with Crippen LogP contribution in [0.4, 0.5) is 27.6 Å². The van der Waals surface area contributed by atoms with Crippen molar-refractivity contribution >= 4 is 21.7 Å². The number of alkyl halides is 3. The smallest absolute Gasteiger partial charge is 0.437 e. The molecule has 0 aliphatic carbocycles. The number of carbonyl (C=O) groups is 1. The lowest BCUT2D eigenvalue weighted by molar-refractivity contribution is -0.202. The molecule has 12 heteroatoms. The van der Waals surface area contributed by atoms with Crippen LogP contribution in [0, 0.1) is 11.6 Å². The van der Waals surface area contributed by atoms with Gasteiger partial charge in [-0.2, -0.15) is 17.9 Å². The van der Waals surface area contributed by atoms with Crippen LogP contribution in [-0.4, -0.2) is 32.8 Å². The number of carbonyl (C=O) groups excluding carboxylic acids is 1. The molecule has 0 amide bonds. The first-order chi connectivity index (χ1) is 13.4. The normalized spacial score (nSPS) is 14.1. The van der Waals surface area contributed by atoms with E-state index in [9.17, 15) is 35.2 Å². The lowest BCUT2D eigenvalue weighted by atomic mass is 10.1. The van der Waals surface area contributed by atoms with E-state index in [4.69, 9.17) is 0 Å². The Morgan fingerprint density at radius 2 is 1.66 bits per heavy atom. The van der Waals surface area contributed by atoms with Gasteiger partial charge >= 0.3 is 12.1 Å². The van der Waals surface area contributed by atoms with Crippen LogP contribution in [-0.2, 0) is 19.6 Å². The monoisotopic (exact) mass is 438 g/mol. The molecular formula is C17H15F5N2O4S. The van der Waals surface area contributed by atoms with Crippen molar-refractivity contribution in [1.29, 1.82) is 0 Å². The molecule has 0 aliphatic rings. The van der Waals surface area contributed by atoms with Crippen molar-refractivity contribution in [2.45, 2.75) is 23.7 Å². The van der Waals surface area contributed by atoms with Crippen LogP contribution in [0.5, 0.6) is 0 Å². The van der Waals surface area contributed by atoms with Gasteiger partial charge in [-0.15, -0.1) is 0 Å². The zero-order chi connectivity index (χ0) is 21.9. The van der Waals surface area contributed by atoms with Gasteiger partial charge in [-0.1, -0.05) is 18.2 Å². The lowest BCUT2D eigenvalue weighted by Gasteiger charge is -2.35. The summed E-state index contributed by atoms with van der Waals surface area (Å²) in [5.74, 6) is -4.90. The number of nitrogens with one attached hydrogen (secondary N) is 2. The highest BCUT2D eigenvalue weighted by atomic mass is 32.2. The minimum Gasteiger partial charge on any atom is -0.463 e. The maximum absolute atomic E-state index is 14.0. The predicted octanol–water partition coefficient (Wildman–Crippen LogP) is 3.18. The molecule has 2 rings (SSSR count). The maximum atomic E-state index is 14.0. The number of halogens is 5. The number of ether oxygens (including phenoxy) is 1. The van der Waals surface area contributed by atoms with Gasteiger partial charge in [0, 0.05) is 11.8 Å². The first-order valence-electron chi connectivity index (χ1n) is 7.99. The Kier molecular flexibility index (Phi) is 6.48. The fourth-order valence-electron chi connectivity index (χ4n) is 2.25. The van der Waals surface area contributed by atoms with Gasteiger partial charge in [0.15, 0.2) is 11.6 Å². The van der Waals surface area contributed by atoms with Crippen molar-refractivity contribution in [3.63, 3.8) is 0 Å². The van der Waals surface area contributed by atoms with Gasteiger partial charge in [0.25, 0.3) is 5.66 Å². The molecule has 0 saturated heterocycles. The summed E-state index contributed by atoms with van der Waals surface area (Å²) < 4.78 is 99.3. The first kappa shape index (κ1) is 22.6. The number of esters is 1. The predicted molar refractivity (Wildman–Crippen MR) is 92.2 cm³/mol. The van der Waals surface area contributed by atoms with E-state index in [2.05, 4.69) is 4.74 Å². The Bertz CT molecular complexity index is 983. The number of anilines is 1. The Hall–Kier alpha value is -2.73. The average Bonchev–Trinajstić information content (AvgIpc) is 2.64. The largest absolute Gasteiger partial charge is 0.463 e. The minimum atomic E-state index is -5.58. The lowest BCUT2D eigenvalue weighted by Crippen LogP contribution is -2.69. The Morgan fingerprint density at radius 3 is 2.17 bits per heavy atom. The van der Waals surface area contributed by atoms with Crippen LogP contribution >= 0.6 is 0 Å². The van der Waals surface area contributed by atoms with Crippen molar-refractivity contribution in [3.05, 3.63) is 60.2 Å². The summed E-state index contributed by atoms with van der Waals surface area (Å²) in [6, 6.07) is 7.52. The summed E-state index contributed by atoms with van der Waals surface area (Å²) >= 11 is 0. The Labute approximate surface area is 162 Å². The molecule has 0 radical (unpaired) electrons. The van der Waals surface area contributed by atoms with E-state index < -0.39 is 56.7 Å². The molecule has 1 atom stereocenters. The van der Waals surface area contributed by atoms with Gasteiger partial charge in [-0.3, -0.25) is 0 Å². The molecule has 0 spiro atoms. The third kappa shape index (κ3) is 4.82. The van der Waals surface area contributed by atoms with E-state index in [0.717, 1.165) is 12.1 Å². The van der Waals surface area contributed by atoms with Crippen molar-refractivity contribution < 1.29 is 39.9 Å². The zero-order valence-electron chi connectivity index (χ0n) is 14.8. The highest BCUT2D eigenvalue weighted by Gasteiger charge is 2.64. The third-order valence-electron chi connectivity index (χ3n) is 3.60. The fraction of sp³-hybridized carbons (Fsp3) is 0.235. The fourth-order valence-corrected chi connectivity index (χ4v) is 3.54. The molecule has 2 N–H and O–H groups in total. The third-order valence-corrected chi connectivity index (χ3v) is 5.07. The zero-order valence-corrected chi connectivity index (χ0v) is 15.6. The molecule has 0 heterocycles. The molecule has 0 aromatic heterocycles. The summed E-state index contributed by atoms with van der Waals surface area (Å²) in [7, 11) is -4.90. The minimum absolute atomic E-state index is 0.339. The standard InChI is InChI=1S/C17H15F5N2O4S/c1-2-28-15(25)16(17(20,21)22,23-11-8-9-13(18)14(19)10-11)24-29(26,27)12-6-4-3-5-7-12/h3-10,23-24H,2H2,1H3/t16-/m0/s1. The van der Waals surface area contributed by atoms with Gasteiger partial charge in [0.2, 0.25) is 10.0 Å². The average molecular weight is 438 g/mol. The molecule has 2 aromatic rings. The van der Waals surface area contributed by atoms with Gasteiger partial charge in [0.1, 0.15) is 0 Å². The van der Waals surface area contributed by atoms with Crippen molar-refractivity contribution in [2.24, 2.45) is 0 Å². The number of rotatable bonds is 7. The molecule has 0 aliphatic heterocycles. The first-order valence-corrected chi connectivity index (χ1v) is 9.47. The quantitative estimate of drug-likeness (QED) is 0.394. The molecule has 2 aromatic carbocycles. The second-order valence-corrected chi connectivity index (χ2v) is 7.32. The van der Waals surface area contributed by atoms with E-state index >= 15 is 0 Å². The molecule has 0 saturated carbocycles. The Balaban J connectivity index is 2.62. The number of benzene rings is 2. The van der Waals surface area contributed by atoms with E-state index in [0.29, 0.717) is 18.2 Å². The number of sulfonamides is 1. The van der Waals surface area contributed by atoms with Crippen LogP contribution < -0.4 is 10.0 Å². The highest BCUT2D eigenvalue weighted by molar-refractivity contribution is 7.89. The number of hydrogen-bond donors (Lipinski definition) is 2. The van der Waals surface area contributed by atoms with Crippen molar-refractivity contribution in [2.75, 3.05) is 11.9 Å². The van der Waals surface area contributed by atoms with Crippen LogP contribution in [0.1, 0.15) is 6.92 Å². The second kappa shape index (κ2) is 8.33. The van der Waals surface area contributed by atoms with E-state index in [-0.39, 0.29) is 0 Å². The summed E-state index contributed by atoms with van der Waals surface area (Å²) in [5, 5.41) is 1.61. The van der Waals surface area contributed by atoms with E-state index in [1.807, 2.05) is 0 Å². The molecular weight excluding hydrogens is 423 g/mol. The topological polar surface area (TPSA) is 84.5 Å². The van der Waals surface area contributed by atoms with Crippen LogP contribution in [0.3, 0.4) is 0 Å². The van der Waals surface area contributed by atoms with E-state index in [1.54, 1.807) is 5.32 Å². The summed E-state index contributed by atoms with van der Waals surface area (Å²) in [6.07, 6.45) is -5.58. The molecule has 0 bridgehead atoms. The van der Waals surface area contributed by atoms with Gasteiger partial charge < -0.3 is 10.1 Å². The van der Waals surface area contributed by atoms with Crippen molar-refractivity contribution in [3.8, 4) is 0 Å². The van der Waals surface area contributed by atoms with Gasteiger partial charge in [-0.25, -0.2) is 22.0 Å². The molecule has 0 unspecified atom stereocenters.